The van der Waals surface area contributed by atoms with Crippen molar-refractivity contribution < 1.29 is 14.2 Å². The van der Waals surface area contributed by atoms with E-state index in [0.29, 0.717) is 57.4 Å². The Morgan fingerprint density at radius 3 is 2.26 bits per heavy atom. The fraction of sp³-hybridized carbons (Fsp3) is 0.167. The predicted molar refractivity (Wildman–Crippen MR) is 136 cm³/mol. The first-order chi connectivity index (χ1) is 16.6. The number of rotatable bonds is 8. The summed E-state index contributed by atoms with van der Waals surface area (Å²) in [5.41, 5.74) is 2.95. The zero-order valence-corrected chi connectivity index (χ0v) is 19.8. The molecule has 34 heavy (non-hydrogen) atoms. The van der Waals surface area contributed by atoms with Crippen LogP contribution in [0.2, 0.25) is 0 Å². The molecule has 0 aliphatic heterocycles. The van der Waals surface area contributed by atoms with Crippen molar-refractivity contribution >= 4 is 45.8 Å². The average Bonchev–Trinajstić information content (AvgIpc) is 2.87. The highest BCUT2D eigenvalue weighted by atomic mass is 32.1. The molecule has 2 heterocycles. The first-order valence-electron chi connectivity index (χ1n) is 10.4. The van der Waals surface area contributed by atoms with Crippen LogP contribution in [0, 0.1) is 0 Å². The molecule has 0 radical (unpaired) electrons. The van der Waals surface area contributed by atoms with Crippen LogP contribution in [0.1, 0.15) is 5.56 Å². The first-order valence-corrected chi connectivity index (χ1v) is 10.8. The summed E-state index contributed by atoms with van der Waals surface area (Å²) in [6, 6.07) is 17.2. The number of anilines is 3. The molecule has 4 rings (SSSR count). The molecule has 9 nitrogen and oxygen atoms in total. The lowest BCUT2D eigenvalue weighted by Gasteiger charge is -2.15. The van der Waals surface area contributed by atoms with Crippen LogP contribution in [0.5, 0.6) is 17.2 Å². The minimum atomic E-state index is 0.466. The number of ether oxygens (including phenoxy) is 3. The molecule has 0 aliphatic rings. The van der Waals surface area contributed by atoms with E-state index in [2.05, 4.69) is 30.9 Å². The van der Waals surface area contributed by atoms with Crippen molar-refractivity contribution in [1.29, 1.82) is 0 Å². The smallest absolute Gasteiger partial charge is 0.203 e. The van der Waals surface area contributed by atoms with Gasteiger partial charge >= 0.3 is 0 Å². The van der Waals surface area contributed by atoms with E-state index in [4.69, 9.17) is 26.4 Å². The molecule has 3 N–H and O–H groups in total. The minimum absolute atomic E-state index is 0.466. The molecular weight excluding hydrogens is 452 g/mol. The van der Waals surface area contributed by atoms with Gasteiger partial charge in [0.15, 0.2) is 28.1 Å². The second-order valence-electron chi connectivity index (χ2n) is 7.13. The van der Waals surface area contributed by atoms with Crippen LogP contribution in [0.3, 0.4) is 0 Å². The molecule has 2 aromatic carbocycles. The van der Waals surface area contributed by atoms with Gasteiger partial charge in [0.1, 0.15) is 11.3 Å². The van der Waals surface area contributed by atoms with E-state index in [0.717, 1.165) is 5.56 Å². The van der Waals surface area contributed by atoms with Crippen molar-refractivity contribution in [3.63, 3.8) is 0 Å². The van der Waals surface area contributed by atoms with E-state index in [1.807, 2.05) is 36.4 Å². The topological polar surface area (TPSA) is 102 Å². The van der Waals surface area contributed by atoms with Gasteiger partial charge in [0.05, 0.1) is 27.5 Å². The Kier molecular flexibility index (Phi) is 7.19. The van der Waals surface area contributed by atoms with Crippen LogP contribution in [0.25, 0.3) is 11.2 Å². The Balaban J connectivity index is 1.49. The number of nitrogens with one attached hydrogen (secondary N) is 3. The van der Waals surface area contributed by atoms with Crippen molar-refractivity contribution in [2.75, 3.05) is 32.0 Å². The van der Waals surface area contributed by atoms with Gasteiger partial charge in [-0.3, -0.25) is 0 Å². The summed E-state index contributed by atoms with van der Waals surface area (Å²) in [6.07, 6.45) is 1.63. The van der Waals surface area contributed by atoms with Crippen molar-refractivity contribution in [2.45, 2.75) is 6.54 Å². The lowest BCUT2D eigenvalue weighted by molar-refractivity contribution is 0.324. The maximum atomic E-state index is 5.41. The molecule has 0 aliphatic carbocycles. The summed E-state index contributed by atoms with van der Waals surface area (Å²) in [5, 5.41) is 9.93. The van der Waals surface area contributed by atoms with Gasteiger partial charge in [-0.15, -0.1) is 0 Å². The maximum Gasteiger partial charge on any atom is 0.203 e. The van der Waals surface area contributed by atoms with E-state index < -0.39 is 0 Å². The summed E-state index contributed by atoms with van der Waals surface area (Å²) < 4.78 is 16.2. The summed E-state index contributed by atoms with van der Waals surface area (Å²) in [4.78, 5) is 13.6. The molecule has 0 amide bonds. The SMILES string of the molecule is COc1cc(Nc2cnc3ccc(NC(=S)NCc4ccccc4)nc3n2)cc(OC)c1OC. The average molecular weight is 477 g/mol. The monoisotopic (exact) mass is 476 g/mol. The normalized spacial score (nSPS) is 10.4. The number of fused-ring (bicyclic) bond motifs is 1. The number of methoxy groups -OCH3 is 3. The van der Waals surface area contributed by atoms with Crippen molar-refractivity contribution in [3.8, 4) is 17.2 Å². The van der Waals surface area contributed by atoms with Crippen LogP contribution in [-0.2, 0) is 6.54 Å². The third-order valence-electron chi connectivity index (χ3n) is 4.88. The Bertz CT molecular complexity index is 1280. The van der Waals surface area contributed by atoms with Crippen LogP contribution >= 0.6 is 12.2 Å². The van der Waals surface area contributed by atoms with Crippen molar-refractivity contribution in [3.05, 3.63) is 66.4 Å². The Labute approximate surface area is 202 Å². The quantitative estimate of drug-likeness (QED) is 0.319. The summed E-state index contributed by atoms with van der Waals surface area (Å²) in [7, 11) is 4.69. The molecule has 10 heteroatoms. The number of aromatic nitrogens is 3. The third kappa shape index (κ3) is 5.41. The standard InChI is InChI=1S/C24H24N6O3S/c1-31-18-11-16(12-19(32-2)22(18)33-3)27-21-14-25-17-9-10-20(28-23(17)29-21)30-24(34)26-13-15-7-5-4-6-8-15/h4-12,14H,13H2,1-3H3,(H3,26,27,28,29,30,34). The van der Waals surface area contributed by atoms with E-state index in [1.54, 1.807) is 45.7 Å². The van der Waals surface area contributed by atoms with E-state index >= 15 is 0 Å². The molecule has 0 saturated carbocycles. The van der Waals surface area contributed by atoms with Crippen molar-refractivity contribution in [2.24, 2.45) is 0 Å². The molecule has 0 atom stereocenters. The van der Waals surface area contributed by atoms with Gasteiger partial charge in [0.25, 0.3) is 0 Å². The molecular formula is C24H24N6O3S. The largest absolute Gasteiger partial charge is 0.493 e. The number of thiocarbonyl (C=S) groups is 1. The molecule has 0 spiro atoms. The first kappa shape index (κ1) is 23.0. The molecule has 0 saturated heterocycles. The number of hydrogen-bond donors (Lipinski definition) is 3. The van der Waals surface area contributed by atoms with Gasteiger partial charge in [-0.25, -0.2) is 15.0 Å². The van der Waals surface area contributed by atoms with Gasteiger partial charge in [-0.1, -0.05) is 30.3 Å². The fourth-order valence-corrected chi connectivity index (χ4v) is 3.44. The summed E-state index contributed by atoms with van der Waals surface area (Å²) >= 11 is 5.39. The van der Waals surface area contributed by atoms with Gasteiger partial charge in [-0.05, 0) is 29.9 Å². The highest BCUT2D eigenvalue weighted by Gasteiger charge is 2.14. The lowest BCUT2D eigenvalue weighted by atomic mass is 10.2. The second kappa shape index (κ2) is 10.6. The summed E-state index contributed by atoms with van der Waals surface area (Å²) in [6.45, 7) is 0.614. The van der Waals surface area contributed by atoms with Gasteiger partial charge in [0.2, 0.25) is 5.75 Å². The predicted octanol–water partition coefficient (Wildman–Crippen LogP) is 4.28. The highest BCUT2D eigenvalue weighted by Crippen LogP contribution is 2.40. The zero-order chi connectivity index (χ0) is 23.9. The molecule has 0 fully saturated rings. The zero-order valence-electron chi connectivity index (χ0n) is 19.0. The second-order valence-corrected chi connectivity index (χ2v) is 7.54. The van der Waals surface area contributed by atoms with E-state index in [1.165, 1.54) is 0 Å². The van der Waals surface area contributed by atoms with Gasteiger partial charge in [-0.2, -0.15) is 0 Å². The fourth-order valence-electron chi connectivity index (χ4n) is 3.27. The third-order valence-corrected chi connectivity index (χ3v) is 5.13. The minimum Gasteiger partial charge on any atom is -0.493 e. The van der Waals surface area contributed by atoms with Crippen LogP contribution in [0.4, 0.5) is 17.3 Å². The molecule has 0 bridgehead atoms. The maximum absolute atomic E-state index is 5.41. The molecule has 0 unspecified atom stereocenters. The van der Waals surface area contributed by atoms with E-state index in [-0.39, 0.29) is 0 Å². The van der Waals surface area contributed by atoms with Crippen LogP contribution in [-0.4, -0.2) is 41.4 Å². The Hall–Kier alpha value is -4.18. The van der Waals surface area contributed by atoms with Crippen LogP contribution < -0.4 is 30.2 Å². The lowest BCUT2D eigenvalue weighted by Crippen LogP contribution is -2.28. The molecule has 2 aromatic heterocycles. The van der Waals surface area contributed by atoms with E-state index in [9.17, 15) is 0 Å². The number of benzene rings is 2. The number of nitrogens with zero attached hydrogens (tertiary/aromatic N) is 3. The Morgan fingerprint density at radius 2 is 1.59 bits per heavy atom. The van der Waals surface area contributed by atoms with Gasteiger partial charge in [0, 0.05) is 24.4 Å². The van der Waals surface area contributed by atoms with Crippen molar-refractivity contribution in [1.82, 2.24) is 20.3 Å². The number of hydrogen-bond acceptors (Lipinski definition) is 8. The summed E-state index contributed by atoms with van der Waals surface area (Å²) in [5.74, 6) is 2.64. The van der Waals surface area contributed by atoms with Gasteiger partial charge < -0.3 is 30.2 Å². The highest BCUT2D eigenvalue weighted by molar-refractivity contribution is 7.80. The Morgan fingerprint density at radius 1 is 0.882 bits per heavy atom. The van der Waals surface area contributed by atoms with Crippen LogP contribution in [0.15, 0.2) is 60.8 Å². The molecule has 174 valence electrons. The molecule has 4 aromatic rings. The number of pyridine rings is 1.